The molecule has 0 aliphatic heterocycles. The molecule has 0 unspecified atom stereocenters. The minimum atomic E-state index is -0.510. The van der Waals surface area contributed by atoms with Gasteiger partial charge in [0.2, 0.25) is 0 Å². The Morgan fingerprint density at radius 1 is 1.20 bits per heavy atom. The smallest absolute Gasteiger partial charge is 0.344 e. The molecule has 0 amide bonds. The van der Waals surface area contributed by atoms with E-state index in [9.17, 15) is 9.59 Å². The normalized spacial score (nSPS) is 12.2. The molecular formula is C25H27BrClN3O5. The van der Waals surface area contributed by atoms with E-state index < -0.39 is 5.97 Å². The monoisotopic (exact) mass is 563 g/mol. The van der Waals surface area contributed by atoms with Gasteiger partial charge in [0.25, 0.3) is 5.56 Å². The standard InChI is InChI=1S/C25H27BrClN3O5/c1-5-15(4)24-29-20-9-8-17(26)12-18(20)25(32)30(24)28-13-16-10-19(27)23(21(11-16)33-6-2)35-14-22(31)34-7-3/h8-13,15H,5-7,14H2,1-4H3/t15-/m0/s1. The first-order valence-corrected chi connectivity index (χ1v) is 12.5. The zero-order valence-corrected chi connectivity index (χ0v) is 22.4. The van der Waals surface area contributed by atoms with E-state index in [1.165, 1.54) is 10.9 Å². The van der Waals surface area contributed by atoms with Crippen LogP contribution in [-0.4, -0.2) is 41.7 Å². The van der Waals surface area contributed by atoms with Gasteiger partial charge in [-0.15, -0.1) is 0 Å². The number of hydrogen-bond acceptors (Lipinski definition) is 7. The number of benzene rings is 2. The third-order valence-electron chi connectivity index (χ3n) is 5.18. The van der Waals surface area contributed by atoms with Gasteiger partial charge in [-0.2, -0.15) is 9.78 Å². The molecular weight excluding hydrogens is 538 g/mol. The summed E-state index contributed by atoms with van der Waals surface area (Å²) >= 11 is 9.85. The van der Waals surface area contributed by atoms with Gasteiger partial charge in [0.05, 0.1) is 35.4 Å². The fourth-order valence-electron chi connectivity index (χ4n) is 3.30. The Labute approximate surface area is 217 Å². The summed E-state index contributed by atoms with van der Waals surface area (Å²) in [5.74, 6) is 0.640. The minimum Gasteiger partial charge on any atom is -0.490 e. The van der Waals surface area contributed by atoms with Crippen molar-refractivity contribution in [3.05, 3.63) is 61.6 Å². The molecule has 1 aromatic heterocycles. The maximum atomic E-state index is 13.3. The molecule has 0 fully saturated rings. The van der Waals surface area contributed by atoms with Crippen molar-refractivity contribution in [1.29, 1.82) is 0 Å². The molecule has 0 aliphatic carbocycles. The van der Waals surface area contributed by atoms with E-state index in [1.54, 1.807) is 25.1 Å². The lowest BCUT2D eigenvalue weighted by Crippen LogP contribution is -2.23. The number of aromatic nitrogens is 2. The third-order valence-corrected chi connectivity index (χ3v) is 5.95. The molecule has 35 heavy (non-hydrogen) atoms. The van der Waals surface area contributed by atoms with E-state index in [0.29, 0.717) is 34.6 Å². The van der Waals surface area contributed by atoms with Crippen LogP contribution in [0.25, 0.3) is 10.9 Å². The van der Waals surface area contributed by atoms with Crippen molar-refractivity contribution in [2.75, 3.05) is 19.8 Å². The highest BCUT2D eigenvalue weighted by atomic mass is 79.9. The number of carbonyl (C=O) groups is 1. The summed E-state index contributed by atoms with van der Waals surface area (Å²) in [6.45, 7) is 7.87. The molecule has 0 saturated heterocycles. The van der Waals surface area contributed by atoms with Crippen LogP contribution in [0, 0.1) is 0 Å². The van der Waals surface area contributed by atoms with Crippen molar-refractivity contribution in [2.45, 2.75) is 40.0 Å². The molecule has 2 aromatic carbocycles. The Morgan fingerprint density at radius 3 is 2.66 bits per heavy atom. The van der Waals surface area contributed by atoms with Crippen molar-refractivity contribution in [3.8, 4) is 11.5 Å². The number of esters is 1. The molecule has 3 rings (SSSR count). The van der Waals surface area contributed by atoms with Crippen LogP contribution in [0.15, 0.2) is 44.7 Å². The summed E-state index contributed by atoms with van der Waals surface area (Å²) in [5, 5.41) is 5.16. The van der Waals surface area contributed by atoms with Crippen LogP contribution in [0.1, 0.15) is 51.4 Å². The predicted molar refractivity (Wildman–Crippen MR) is 140 cm³/mol. The van der Waals surface area contributed by atoms with Crippen LogP contribution >= 0.6 is 27.5 Å². The van der Waals surface area contributed by atoms with Gasteiger partial charge in [0, 0.05) is 10.4 Å². The second-order valence-electron chi connectivity index (χ2n) is 7.66. The van der Waals surface area contributed by atoms with Crippen LogP contribution in [-0.2, 0) is 9.53 Å². The van der Waals surface area contributed by atoms with Crippen LogP contribution in [0.2, 0.25) is 5.02 Å². The molecule has 0 saturated carbocycles. The lowest BCUT2D eigenvalue weighted by atomic mass is 10.1. The number of hydrogen-bond donors (Lipinski definition) is 0. The van der Waals surface area contributed by atoms with E-state index in [1.807, 2.05) is 32.9 Å². The predicted octanol–water partition coefficient (Wildman–Crippen LogP) is 5.55. The average Bonchev–Trinajstić information content (AvgIpc) is 2.83. The van der Waals surface area contributed by atoms with Gasteiger partial charge in [-0.1, -0.05) is 41.4 Å². The lowest BCUT2D eigenvalue weighted by molar-refractivity contribution is -0.145. The van der Waals surface area contributed by atoms with Gasteiger partial charge in [0.15, 0.2) is 18.1 Å². The Morgan fingerprint density at radius 2 is 1.97 bits per heavy atom. The third kappa shape index (κ3) is 6.41. The van der Waals surface area contributed by atoms with Crippen molar-refractivity contribution in [3.63, 3.8) is 0 Å². The highest BCUT2D eigenvalue weighted by molar-refractivity contribution is 9.10. The maximum Gasteiger partial charge on any atom is 0.344 e. The van der Waals surface area contributed by atoms with Crippen molar-refractivity contribution < 1.29 is 19.0 Å². The fourth-order valence-corrected chi connectivity index (χ4v) is 3.94. The molecule has 8 nitrogen and oxygen atoms in total. The van der Waals surface area contributed by atoms with Crippen LogP contribution in [0.5, 0.6) is 11.5 Å². The summed E-state index contributed by atoms with van der Waals surface area (Å²) in [6, 6.07) is 8.69. The molecule has 0 N–H and O–H groups in total. The minimum absolute atomic E-state index is 0.00845. The highest BCUT2D eigenvalue weighted by Gasteiger charge is 2.17. The summed E-state index contributed by atoms with van der Waals surface area (Å²) in [7, 11) is 0. The van der Waals surface area contributed by atoms with E-state index in [2.05, 4.69) is 21.0 Å². The topological polar surface area (TPSA) is 92.0 Å². The molecule has 186 valence electrons. The zero-order chi connectivity index (χ0) is 25.5. The number of fused-ring (bicyclic) bond motifs is 1. The van der Waals surface area contributed by atoms with E-state index in [4.69, 9.17) is 30.8 Å². The molecule has 1 heterocycles. The quantitative estimate of drug-likeness (QED) is 0.237. The SMILES string of the molecule is CCOC(=O)COc1c(Cl)cc(C=Nn2c([C@@H](C)CC)nc3ccc(Br)cc3c2=O)cc1OCC. The summed E-state index contributed by atoms with van der Waals surface area (Å²) in [5.41, 5.74) is 0.927. The van der Waals surface area contributed by atoms with Crippen LogP contribution in [0.4, 0.5) is 0 Å². The molecule has 0 bridgehead atoms. The number of rotatable bonds is 10. The van der Waals surface area contributed by atoms with Crippen LogP contribution < -0.4 is 15.0 Å². The molecule has 0 radical (unpaired) electrons. The van der Waals surface area contributed by atoms with E-state index in [-0.39, 0.29) is 35.5 Å². The summed E-state index contributed by atoms with van der Waals surface area (Å²) < 4.78 is 18.2. The van der Waals surface area contributed by atoms with Gasteiger partial charge in [-0.25, -0.2) is 9.78 Å². The largest absolute Gasteiger partial charge is 0.490 e. The zero-order valence-electron chi connectivity index (χ0n) is 20.0. The van der Waals surface area contributed by atoms with Crippen molar-refractivity contribution in [1.82, 2.24) is 9.66 Å². The van der Waals surface area contributed by atoms with Gasteiger partial charge in [-0.3, -0.25) is 4.79 Å². The first-order valence-electron chi connectivity index (χ1n) is 11.3. The van der Waals surface area contributed by atoms with Gasteiger partial charge in [0.1, 0.15) is 5.82 Å². The Hall–Kier alpha value is -2.91. The van der Waals surface area contributed by atoms with Crippen LogP contribution in [0.3, 0.4) is 0 Å². The van der Waals surface area contributed by atoms with Gasteiger partial charge in [-0.05, 0) is 56.2 Å². The Kier molecular flexibility index (Phi) is 9.28. The Bertz CT molecular complexity index is 1310. The number of nitrogens with zero attached hydrogens (tertiary/aromatic N) is 3. The lowest BCUT2D eigenvalue weighted by Gasteiger charge is -2.15. The number of carbonyl (C=O) groups excluding carboxylic acids is 1. The number of halogens is 2. The average molecular weight is 565 g/mol. The van der Waals surface area contributed by atoms with Crippen molar-refractivity contribution in [2.24, 2.45) is 5.10 Å². The molecule has 1 atom stereocenters. The molecule has 10 heteroatoms. The summed E-state index contributed by atoms with van der Waals surface area (Å²) in [4.78, 5) is 29.7. The first kappa shape index (κ1) is 26.7. The highest BCUT2D eigenvalue weighted by Crippen LogP contribution is 2.36. The second kappa shape index (κ2) is 12.2. The Balaban J connectivity index is 2.04. The van der Waals surface area contributed by atoms with E-state index >= 15 is 0 Å². The molecule has 0 aliphatic rings. The molecule has 0 spiro atoms. The van der Waals surface area contributed by atoms with Crippen molar-refractivity contribution >= 4 is 50.6 Å². The second-order valence-corrected chi connectivity index (χ2v) is 8.98. The van der Waals surface area contributed by atoms with E-state index in [0.717, 1.165) is 10.9 Å². The number of ether oxygens (including phenoxy) is 3. The fraction of sp³-hybridized carbons (Fsp3) is 0.360. The maximum absolute atomic E-state index is 13.3. The van der Waals surface area contributed by atoms with Gasteiger partial charge < -0.3 is 14.2 Å². The van der Waals surface area contributed by atoms with Gasteiger partial charge >= 0.3 is 5.97 Å². The summed E-state index contributed by atoms with van der Waals surface area (Å²) in [6.07, 6.45) is 2.30. The molecule has 3 aromatic rings. The first-order chi connectivity index (χ1) is 16.8.